The van der Waals surface area contributed by atoms with Crippen molar-refractivity contribution in [1.29, 1.82) is 5.26 Å². The van der Waals surface area contributed by atoms with E-state index in [1.165, 1.54) is 0 Å². The first-order valence-electron chi connectivity index (χ1n) is 8.32. The maximum absolute atomic E-state index is 9.69. The minimum Gasteiger partial charge on any atom is -0.495 e. The van der Waals surface area contributed by atoms with E-state index in [4.69, 9.17) is 19.9 Å². The van der Waals surface area contributed by atoms with Gasteiger partial charge in [0.05, 0.1) is 17.3 Å². The van der Waals surface area contributed by atoms with E-state index in [2.05, 4.69) is 27.0 Å². The second-order valence-corrected chi connectivity index (χ2v) is 7.10. The molecule has 27 heavy (non-hydrogen) atoms. The molecule has 0 amide bonds. The highest BCUT2D eigenvalue weighted by Gasteiger charge is 2.27. The second kappa shape index (κ2) is 6.35. The summed E-state index contributed by atoms with van der Waals surface area (Å²) < 4.78 is 19.7. The Morgan fingerprint density at radius 2 is 2.07 bits per heavy atom. The van der Waals surface area contributed by atoms with Crippen LogP contribution in [0.1, 0.15) is 16.7 Å². The van der Waals surface area contributed by atoms with E-state index in [1.54, 1.807) is 13.3 Å². The van der Waals surface area contributed by atoms with Crippen LogP contribution < -0.4 is 19.9 Å². The van der Waals surface area contributed by atoms with Crippen molar-refractivity contribution in [3.05, 3.63) is 33.4 Å². The molecule has 0 bridgehead atoms. The number of anilines is 1. The lowest BCUT2D eigenvalue weighted by Gasteiger charge is -2.21. The number of hydrogen-bond donors (Lipinski definition) is 1. The number of hydrogen-bond acceptors (Lipinski definition) is 6. The second-order valence-electron chi connectivity index (χ2n) is 6.24. The van der Waals surface area contributed by atoms with Gasteiger partial charge in [-0.05, 0) is 41.4 Å². The van der Waals surface area contributed by atoms with Crippen LogP contribution in [0.2, 0.25) is 0 Å². The van der Waals surface area contributed by atoms with Gasteiger partial charge in [0, 0.05) is 17.1 Å². The van der Waals surface area contributed by atoms with Crippen molar-refractivity contribution in [3.8, 4) is 29.1 Å². The van der Waals surface area contributed by atoms with E-state index in [0.717, 1.165) is 21.3 Å². The number of aryl methyl sites for hydroxylation is 1. The van der Waals surface area contributed by atoms with Gasteiger partial charge in [-0.1, -0.05) is 0 Å². The third-order valence-electron chi connectivity index (χ3n) is 4.70. The number of pyridine rings is 1. The fourth-order valence-electron chi connectivity index (χ4n) is 3.61. The van der Waals surface area contributed by atoms with Crippen molar-refractivity contribution in [2.24, 2.45) is 0 Å². The van der Waals surface area contributed by atoms with Crippen LogP contribution in [0.15, 0.2) is 16.7 Å². The summed E-state index contributed by atoms with van der Waals surface area (Å²) in [6.07, 6.45) is 1.61. The predicted octanol–water partition coefficient (Wildman–Crippen LogP) is 3.64. The zero-order valence-corrected chi connectivity index (χ0v) is 16.7. The normalized spacial score (nSPS) is 12.9. The molecule has 0 unspecified atom stereocenters. The van der Waals surface area contributed by atoms with E-state index in [-0.39, 0.29) is 0 Å². The van der Waals surface area contributed by atoms with Crippen molar-refractivity contribution < 1.29 is 14.2 Å². The van der Waals surface area contributed by atoms with Gasteiger partial charge in [0.1, 0.15) is 41.9 Å². The zero-order valence-electron chi connectivity index (χ0n) is 15.1. The monoisotopic (exact) mass is 428 g/mol. The minimum atomic E-state index is 0.326. The molecule has 3 aromatic rings. The lowest BCUT2D eigenvalue weighted by Crippen LogP contribution is -2.17. The minimum absolute atomic E-state index is 0.326. The SMILES string of the molecule is COc1c(Br)cc(C)c(-n2c(N)c(C#N)c3cnc4c(c32)OCCO4)c1C. The summed E-state index contributed by atoms with van der Waals surface area (Å²) >= 11 is 3.54. The van der Waals surface area contributed by atoms with Crippen LogP contribution in [-0.4, -0.2) is 29.9 Å². The Morgan fingerprint density at radius 3 is 2.78 bits per heavy atom. The highest BCUT2D eigenvalue weighted by atomic mass is 79.9. The molecule has 0 fully saturated rings. The molecule has 1 aliphatic heterocycles. The molecule has 138 valence electrons. The van der Waals surface area contributed by atoms with Crippen LogP contribution in [0.4, 0.5) is 5.82 Å². The van der Waals surface area contributed by atoms with E-state index in [0.29, 0.717) is 52.9 Å². The fraction of sp³-hybridized carbons (Fsp3) is 0.263. The molecule has 0 saturated carbocycles. The quantitative estimate of drug-likeness (QED) is 0.669. The van der Waals surface area contributed by atoms with Gasteiger partial charge in [-0.15, -0.1) is 0 Å². The summed E-state index contributed by atoms with van der Waals surface area (Å²) in [6, 6.07) is 4.15. The summed E-state index contributed by atoms with van der Waals surface area (Å²) in [5.41, 5.74) is 10.1. The average Bonchev–Trinajstić information content (AvgIpc) is 2.93. The first-order valence-corrected chi connectivity index (χ1v) is 9.11. The molecule has 0 radical (unpaired) electrons. The topological polar surface area (TPSA) is 95.3 Å². The maximum Gasteiger partial charge on any atom is 0.259 e. The third-order valence-corrected chi connectivity index (χ3v) is 5.29. The summed E-state index contributed by atoms with van der Waals surface area (Å²) in [5, 5.41) is 10.3. The number of aromatic nitrogens is 2. The third kappa shape index (κ3) is 2.42. The van der Waals surface area contributed by atoms with Crippen molar-refractivity contribution in [2.75, 3.05) is 26.1 Å². The molecule has 2 N–H and O–H groups in total. The summed E-state index contributed by atoms with van der Waals surface area (Å²) in [6.45, 7) is 4.77. The van der Waals surface area contributed by atoms with Crippen LogP contribution in [-0.2, 0) is 0 Å². The van der Waals surface area contributed by atoms with Gasteiger partial charge >= 0.3 is 0 Å². The molecule has 3 heterocycles. The van der Waals surface area contributed by atoms with E-state index in [1.807, 2.05) is 24.5 Å². The number of fused-ring (bicyclic) bond motifs is 3. The van der Waals surface area contributed by atoms with E-state index < -0.39 is 0 Å². The molecule has 1 aromatic carbocycles. The molecule has 8 heteroatoms. The zero-order chi connectivity index (χ0) is 19.3. The molecule has 0 spiro atoms. The molecule has 7 nitrogen and oxygen atoms in total. The average molecular weight is 429 g/mol. The van der Waals surface area contributed by atoms with Gasteiger partial charge in [-0.25, -0.2) is 4.98 Å². The largest absolute Gasteiger partial charge is 0.495 e. The van der Waals surface area contributed by atoms with Crippen LogP contribution in [0.5, 0.6) is 17.4 Å². The van der Waals surface area contributed by atoms with Crippen LogP contribution in [0, 0.1) is 25.2 Å². The molecule has 0 aliphatic carbocycles. The Bertz CT molecular complexity index is 1130. The Hall–Kier alpha value is -2.92. The van der Waals surface area contributed by atoms with Gasteiger partial charge < -0.3 is 19.9 Å². The number of nitriles is 1. The first-order chi connectivity index (χ1) is 13.0. The standard InChI is InChI=1S/C19H17BrN4O3/c1-9-6-13(20)16(25-3)10(2)14(9)24-15-12(11(7-21)18(24)22)8-23-19-17(15)26-4-5-27-19/h6,8H,4-5,22H2,1-3H3. The van der Waals surface area contributed by atoms with Crippen molar-refractivity contribution in [1.82, 2.24) is 9.55 Å². The van der Waals surface area contributed by atoms with E-state index >= 15 is 0 Å². The van der Waals surface area contributed by atoms with Crippen molar-refractivity contribution in [3.63, 3.8) is 0 Å². The summed E-state index contributed by atoms with van der Waals surface area (Å²) in [7, 11) is 1.62. The van der Waals surface area contributed by atoms with Gasteiger partial charge in [0.2, 0.25) is 5.75 Å². The van der Waals surface area contributed by atoms with Gasteiger partial charge in [0.15, 0.2) is 0 Å². The highest BCUT2D eigenvalue weighted by Crippen LogP contribution is 2.44. The van der Waals surface area contributed by atoms with Gasteiger partial charge in [-0.3, -0.25) is 4.57 Å². The Balaban J connectivity index is 2.18. The summed E-state index contributed by atoms with van der Waals surface area (Å²) in [4.78, 5) is 4.30. The van der Waals surface area contributed by atoms with Crippen LogP contribution >= 0.6 is 15.9 Å². The number of nitrogens with two attached hydrogens (primary N) is 1. The number of methoxy groups -OCH3 is 1. The maximum atomic E-state index is 9.69. The smallest absolute Gasteiger partial charge is 0.259 e. The fourth-order valence-corrected chi connectivity index (χ4v) is 4.41. The molecular weight excluding hydrogens is 412 g/mol. The lowest BCUT2D eigenvalue weighted by molar-refractivity contribution is 0.166. The van der Waals surface area contributed by atoms with Gasteiger partial charge in [0.25, 0.3) is 5.88 Å². The van der Waals surface area contributed by atoms with Crippen LogP contribution in [0.3, 0.4) is 0 Å². The molecule has 1 aliphatic rings. The Morgan fingerprint density at radius 1 is 1.33 bits per heavy atom. The molecule has 4 rings (SSSR count). The predicted molar refractivity (Wildman–Crippen MR) is 105 cm³/mol. The number of rotatable bonds is 2. The number of ether oxygens (including phenoxy) is 3. The Kier molecular flexibility index (Phi) is 4.12. The van der Waals surface area contributed by atoms with Crippen LogP contribution in [0.25, 0.3) is 16.6 Å². The molecule has 0 saturated heterocycles. The molecular formula is C19H17BrN4O3. The lowest BCUT2D eigenvalue weighted by atomic mass is 10.1. The summed E-state index contributed by atoms with van der Waals surface area (Å²) in [5.74, 6) is 1.92. The highest BCUT2D eigenvalue weighted by molar-refractivity contribution is 9.10. The van der Waals surface area contributed by atoms with Crippen molar-refractivity contribution in [2.45, 2.75) is 13.8 Å². The number of halogens is 1. The molecule has 0 atom stereocenters. The van der Waals surface area contributed by atoms with Gasteiger partial charge in [-0.2, -0.15) is 5.26 Å². The van der Waals surface area contributed by atoms with Crippen molar-refractivity contribution >= 4 is 32.7 Å². The number of nitrogens with zero attached hydrogens (tertiary/aromatic N) is 3. The molecule has 2 aromatic heterocycles. The Labute approximate surface area is 164 Å². The number of nitrogen functional groups attached to an aromatic ring is 1. The van der Waals surface area contributed by atoms with E-state index in [9.17, 15) is 5.26 Å². The first kappa shape index (κ1) is 17.5. The number of benzene rings is 1.